The molecule has 1 aromatic carbocycles. The highest BCUT2D eigenvalue weighted by molar-refractivity contribution is 6.35. The Hall–Kier alpha value is -1.03. The first-order chi connectivity index (χ1) is 7.15. The van der Waals surface area contributed by atoms with Crippen molar-refractivity contribution in [1.29, 1.82) is 0 Å². The van der Waals surface area contributed by atoms with Gasteiger partial charge in [-0.1, -0.05) is 29.8 Å². The summed E-state index contributed by atoms with van der Waals surface area (Å²) in [6.07, 6.45) is 1.19. The predicted molar refractivity (Wildman–Crippen MR) is 61.9 cm³/mol. The summed E-state index contributed by atoms with van der Waals surface area (Å²) < 4.78 is 1.91. The predicted octanol–water partition coefficient (Wildman–Crippen LogP) is 1.82. The van der Waals surface area contributed by atoms with E-state index in [1.165, 1.54) is 0 Å². The van der Waals surface area contributed by atoms with Crippen LogP contribution in [0.5, 0.6) is 0 Å². The zero-order valence-corrected chi connectivity index (χ0v) is 9.20. The smallest absolute Gasteiger partial charge is 0.0932 e. The number of fused-ring (bicyclic) bond motifs is 1. The molecular formula is C11H13ClN2O. The molecule has 0 bridgehead atoms. The van der Waals surface area contributed by atoms with Crippen molar-refractivity contribution in [3.05, 3.63) is 35.0 Å². The average Bonchev–Trinajstić information content (AvgIpc) is 2.54. The molecule has 4 heteroatoms. The molecule has 2 aromatic rings. The Morgan fingerprint density at radius 2 is 2.27 bits per heavy atom. The molecule has 1 unspecified atom stereocenters. The molecule has 0 saturated heterocycles. The van der Waals surface area contributed by atoms with Crippen LogP contribution >= 0.6 is 11.6 Å². The van der Waals surface area contributed by atoms with Crippen molar-refractivity contribution in [2.75, 3.05) is 6.54 Å². The quantitative estimate of drug-likeness (QED) is 0.818. The number of aliphatic hydroxyl groups is 1. The maximum absolute atomic E-state index is 9.78. The number of aliphatic hydroxyl groups excluding tert-OH is 1. The number of rotatable bonds is 2. The summed E-state index contributed by atoms with van der Waals surface area (Å²) in [4.78, 5) is 0. The monoisotopic (exact) mass is 224 g/mol. The summed E-state index contributed by atoms with van der Waals surface area (Å²) in [7, 11) is 1.90. The number of halogens is 1. The second-order valence-corrected chi connectivity index (χ2v) is 3.99. The first-order valence-electron chi connectivity index (χ1n) is 4.76. The van der Waals surface area contributed by atoms with Crippen LogP contribution in [0.15, 0.2) is 24.4 Å². The van der Waals surface area contributed by atoms with Gasteiger partial charge in [-0.2, -0.15) is 0 Å². The van der Waals surface area contributed by atoms with E-state index in [0.29, 0.717) is 5.02 Å². The van der Waals surface area contributed by atoms with Crippen LogP contribution in [0.2, 0.25) is 5.02 Å². The van der Waals surface area contributed by atoms with Crippen LogP contribution in [0.4, 0.5) is 0 Å². The Labute approximate surface area is 93.1 Å². The number of para-hydroxylation sites is 1. The molecular weight excluding hydrogens is 212 g/mol. The van der Waals surface area contributed by atoms with Gasteiger partial charge >= 0.3 is 0 Å². The molecule has 3 nitrogen and oxygen atoms in total. The van der Waals surface area contributed by atoms with E-state index < -0.39 is 6.10 Å². The fraction of sp³-hybridized carbons (Fsp3) is 0.273. The van der Waals surface area contributed by atoms with Crippen molar-refractivity contribution >= 4 is 22.5 Å². The van der Waals surface area contributed by atoms with Crippen LogP contribution < -0.4 is 5.73 Å². The van der Waals surface area contributed by atoms with Crippen LogP contribution in [0.3, 0.4) is 0 Å². The zero-order valence-electron chi connectivity index (χ0n) is 8.44. The molecule has 0 amide bonds. The lowest BCUT2D eigenvalue weighted by molar-refractivity contribution is 0.188. The molecule has 1 atom stereocenters. The van der Waals surface area contributed by atoms with E-state index in [4.69, 9.17) is 17.3 Å². The normalized spacial score (nSPS) is 13.3. The SMILES string of the molecule is Cn1cc(Cl)c2cccc(C(O)CN)c21. The van der Waals surface area contributed by atoms with Crippen molar-refractivity contribution in [1.82, 2.24) is 4.57 Å². The second-order valence-electron chi connectivity index (χ2n) is 3.58. The number of aryl methyl sites for hydroxylation is 1. The molecule has 80 valence electrons. The number of hydrogen-bond donors (Lipinski definition) is 2. The van der Waals surface area contributed by atoms with E-state index >= 15 is 0 Å². The summed E-state index contributed by atoms with van der Waals surface area (Å²) in [5, 5.41) is 11.4. The standard InChI is InChI=1S/C11H13ClN2O/c1-14-6-9(12)7-3-2-4-8(11(7)14)10(15)5-13/h2-4,6,10,15H,5,13H2,1H3. The molecule has 1 heterocycles. The average molecular weight is 225 g/mol. The molecule has 0 spiro atoms. The van der Waals surface area contributed by atoms with Gasteiger partial charge in [0.2, 0.25) is 0 Å². The van der Waals surface area contributed by atoms with Gasteiger partial charge in [-0.25, -0.2) is 0 Å². The summed E-state index contributed by atoms with van der Waals surface area (Å²) >= 11 is 6.06. The molecule has 15 heavy (non-hydrogen) atoms. The first kappa shape index (κ1) is 10.5. The Kier molecular flexibility index (Phi) is 2.69. The fourth-order valence-corrected chi connectivity index (χ4v) is 2.15. The van der Waals surface area contributed by atoms with Crippen molar-refractivity contribution in [2.24, 2.45) is 12.8 Å². The number of benzene rings is 1. The molecule has 0 saturated carbocycles. The third kappa shape index (κ3) is 1.63. The zero-order chi connectivity index (χ0) is 11.0. The minimum Gasteiger partial charge on any atom is -0.387 e. The first-order valence-corrected chi connectivity index (χ1v) is 5.14. The molecule has 0 aliphatic carbocycles. The Balaban J connectivity index is 2.75. The highest BCUT2D eigenvalue weighted by Crippen LogP contribution is 2.30. The Bertz CT molecular complexity index is 493. The Morgan fingerprint density at radius 1 is 1.53 bits per heavy atom. The van der Waals surface area contributed by atoms with E-state index in [-0.39, 0.29) is 6.54 Å². The van der Waals surface area contributed by atoms with E-state index in [0.717, 1.165) is 16.5 Å². The third-order valence-corrected chi connectivity index (χ3v) is 2.87. The van der Waals surface area contributed by atoms with Gasteiger partial charge in [-0.05, 0) is 0 Å². The van der Waals surface area contributed by atoms with Gasteiger partial charge in [0, 0.05) is 30.7 Å². The Morgan fingerprint density at radius 3 is 2.93 bits per heavy atom. The van der Waals surface area contributed by atoms with Crippen LogP contribution in [-0.4, -0.2) is 16.2 Å². The molecule has 2 rings (SSSR count). The topological polar surface area (TPSA) is 51.2 Å². The van der Waals surface area contributed by atoms with Gasteiger partial charge in [0.05, 0.1) is 16.6 Å². The van der Waals surface area contributed by atoms with Gasteiger partial charge in [-0.3, -0.25) is 0 Å². The van der Waals surface area contributed by atoms with Crippen LogP contribution in [0, 0.1) is 0 Å². The number of hydrogen-bond acceptors (Lipinski definition) is 2. The van der Waals surface area contributed by atoms with E-state index in [1.807, 2.05) is 36.0 Å². The minimum absolute atomic E-state index is 0.210. The molecule has 0 aliphatic rings. The summed E-state index contributed by atoms with van der Waals surface area (Å²) in [5.41, 5.74) is 7.23. The summed E-state index contributed by atoms with van der Waals surface area (Å²) in [6.45, 7) is 0.210. The maximum Gasteiger partial charge on any atom is 0.0932 e. The van der Waals surface area contributed by atoms with Crippen LogP contribution in [0.1, 0.15) is 11.7 Å². The van der Waals surface area contributed by atoms with E-state index in [2.05, 4.69) is 0 Å². The lowest BCUT2D eigenvalue weighted by atomic mass is 10.1. The van der Waals surface area contributed by atoms with E-state index in [1.54, 1.807) is 0 Å². The highest BCUT2D eigenvalue weighted by Gasteiger charge is 2.13. The number of nitrogens with zero attached hydrogens (tertiary/aromatic N) is 1. The van der Waals surface area contributed by atoms with Crippen molar-refractivity contribution in [3.8, 4) is 0 Å². The molecule has 0 radical (unpaired) electrons. The maximum atomic E-state index is 9.78. The fourth-order valence-electron chi connectivity index (χ4n) is 1.85. The van der Waals surface area contributed by atoms with Gasteiger partial charge < -0.3 is 15.4 Å². The van der Waals surface area contributed by atoms with Gasteiger partial charge in [0.1, 0.15) is 0 Å². The van der Waals surface area contributed by atoms with Gasteiger partial charge in [0.25, 0.3) is 0 Å². The summed E-state index contributed by atoms with van der Waals surface area (Å²) in [6, 6.07) is 5.68. The number of nitrogens with two attached hydrogens (primary N) is 1. The minimum atomic E-state index is -0.640. The van der Waals surface area contributed by atoms with Crippen LogP contribution in [0.25, 0.3) is 10.9 Å². The number of aromatic nitrogens is 1. The van der Waals surface area contributed by atoms with E-state index in [9.17, 15) is 5.11 Å². The highest BCUT2D eigenvalue weighted by atomic mass is 35.5. The molecule has 3 N–H and O–H groups in total. The lowest BCUT2D eigenvalue weighted by Gasteiger charge is -2.10. The lowest BCUT2D eigenvalue weighted by Crippen LogP contribution is -2.12. The largest absolute Gasteiger partial charge is 0.387 e. The van der Waals surface area contributed by atoms with Crippen molar-refractivity contribution in [2.45, 2.75) is 6.10 Å². The molecule has 1 aromatic heterocycles. The van der Waals surface area contributed by atoms with Gasteiger partial charge in [0.15, 0.2) is 0 Å². The van der Waals surface area contributed by atoms with Crippen molar-refractivity contribution in [3.63, 3.8) is 0 Å². The van der Waals surface area contributed by atoms with Crippen molar-refractivity contribution < 1.29 is 5.11 Å². The third-order valence-electron chi connectivity index (χ3n) is 2.57. The summed E-state index contributed by atoms with van der Waals surface area (Å²) in [5.74, 6) is 0. The molecule has 0 fully saturated rings. The van der Waals surface area contributed by atoms with Gasteiger partial charge in [-0.15, -0.1) is 0 Å². The molecule has 0 aliphatic heterocycles. The van der Waals surface area contributed by atoms with Crippen LogP contribution in [-0.2, 0) is 7.05 Å². The second kappa shape index (κ2) is 3.85.